The Labute approximate surface area is 178 Å². The van der Waals surface area contributed by atoms with Crippen LogP contribution in [0.3, 0.4) is 0 Å². The molecule has 0 radical (unpaired) electrons. The standard InChI is InChI=1S/C25H21F3N2O/c26-19-2-1-3-20(27)25(19)23-10-9-22(30-23)18-8-6-16(12-21(18)28)17-7-11-24(29-13-17)31-14-15-4-5-15/h1-3,6-8,11-13,15,22H,4-5,9-10,14H2/t22-/m1/s1. The van der Waals surface area contributed by atoms with Crippen molar-refractivity contribution in [2.75, 3.05) is 6.61 Å². The van der Waals surface area contributed by atoms with Crippen LogP contribution in [0.1, 0.15) is 42.9 Å². The number of hydrogen-bond donors (Lipinski definition) is 0. The predicted octanol–water partition coefficient (Wildman–Crippen LogP) is 6.28. The molecule has 5 rings (SSSR count). The van der Waals surface area contributed by atoms with Crippen molar-refractivity contribution >= 4 is 5.71 Å². The van der Waals surface area contributed by atoms with Crippen LogP contribution in [0.2, 0.25) is 0 Å². The first-order chi connectivity index (χ1) is 15.1. The minimum absolute atomic E-state index is 0.114. The van der Waals surface area contributed by atoms with Crippen molar-refractivity contribution < 1.29 is 17.9 Å². The van der Waals surface area contributed by atoms with E-state index in [1.54, 1.807) is 18.3 Å². The fourth-order valence-corrected chi connectivity index (χ4v) is 3.88. The van der Waals surface area contributed by atoms with E-state index in [4.69, 9.17) is 4.74 Å². The molecular weight excluding hydrogens is 401 g/mol. The normalized spacial score (nSPS) is 18.2. The number of rotatable bonds is 6. The number of aliphatic imine (C=N–C) groups is 1. The fraction of sp³-hybridized carbons (Fsp3) is 0.280. The molecule has 3 nitrogen and oxygen atoms in total. The lowest BCUT2D eigenvalue weighted by Crippen LogP contribution is -2.03. The van der Waals surface area contributed by atoms with E-state index in [0.717, 1.165) is 5.56 Å². The molecule has 1 atom stereocenters. The van der Waals surface area contributed by atoms with Gasteiger partial charge in [-0.25, -0.2) is 18.2 Å². The molecule has 0 amide bonds. The second-order valence-electron chi connectivity index (χ2n) is 8.10. The molecule has 0 unspecified atom stereocenters. The molecule has 2 aliphatic rings. The maximum Gasteiger partial charge on any atom is 0.213 e. The Kier molecular flexibility index (Phi) is 5.22. The third kappa shape index (κ3) is 4.20. The molecular formula is C25H21F3N2O. The van der Waals surface area contributed by atoms with Crippen molar-refractivity contribution in [3.8, 4) is 17.0 Å². The summed E-state index contributed by atoms with van der Waals surface area (Å²) < 4.78 is 48.7. The van der Waals surface area contributed by atoms with Gasteiger partial charge in [-0.3, -0.25) is 4.99 Å². The van der Waals surface area contributed by atoms with Crippen LogP contribution in [0.5, 0.6) is 5.88 Å². The summed E-state index contributed by atoms with van der Waals surface area (Å²) in [5.41, 5.74) is 2.14. The molecule has 0 N–H and O–H groups in total. The van der Waals surface area contributed by atoms with Crippen molar-refractivity contribution in [3.63, 3.8) is 0 Å². The van der Waals surface area contributed by atoms with Gasteiger partial charge in [0.25, 0.3) is 0 Å². The van der Waals surface area contributed by atoms with E-state index in [1.807, 2.05) is 12.1 Å². The van der Waals surface area contributed by atoms with Gasteiger partial charge < -0.3 is 4.74 Å². The topological polar surface area (TPSA) is 34.5 Å². The van der Waals surface area contributed by atoms with Gasteiger partial charge in [-0.05, 0) is 61.4 Å². The lowest BCUT2D eigenvalue weighted by Gasteiger charge is -2.11. The Balaban J connectivity index is 1.34. The Morgan fingerprint density at radius 1 is 0.871 bits per heavy atom. The Morgan fingerprint density at radius 2 is 1.65 bits per heavy atom. The van der Waals surface area contributed by atoms with Gasteiger partial charge in [0.05, 0.1) is 18.2 Å². The first-order valence-electron chi connectivity index (χ1n) is 10.5. The highest BCUT2D eigenvalue weighted by atomic mass is 19.1. The van der Waals surface area contributed by atoms with Gasteiger partial charge in [-0.15, -0.1) is 0 Å². The van der Waals surface area contributed by atoms with Gasteiger partial charge in [0, 0.05) is 29.1 Å². The summed E-state index contributed by atoms with van der Waals surface area (Å²) in [5, 5.41) is 0. The molecule has 158 valence electrons. The molecule has 6 heteroatoms. The maximum absolute atomic E-state index is 14.9. The van der Waals surface area contributed by atoms with E-state index in [9.17, 15) is 13.2 Å². The molecule has 0 bridgehead atoms. The molecule has 2 heterocycles. The summed E-state index contributed by atoms with van der Waals surface area (Å²) in [6.45, 7) is 0.691. The minimum Gasteiger partial charge on any atom is -0.477 e. The van der Waals surface area contributed by atoms with Gasteiger partial charge in [-0.1, -0.05) is 18.2 Å². The zero-order valence-electron chi connectivity index (χ0n) is 16.8. The van der Waals surface area contributed by atoms with Crippen LogP contribution >= 0.6 is 0 Å². The lowest BCUT2D eigenvalue weighted by atomic mass is 9.99. The zero-order valence-corrected chi connectivity index (χ0v) is 16.8. The van der Waals surface area contributed by atoms with E-state index < -0.39 is 23.5 Å². The number of halogens is 3. The monoisotopic (exact) mass is 422 g/mol. The van der Waals surface area contributed by atoms with Crippen LogP contribution in [-0.2, 0) is 0 Å². The van der Waals surface area contributed by atoms with E-state index >= 15 is 0 Å². The van der Waals surface area contributed by atoms with Gasteiger partial charge in [0.2, 0.25) is 5.88 Å². The molecule has 3 aromatic rings. The highest BCUT2D eigenvalue weighted by Crippen LogP contribution is 2.35. The molecule has 31 heavy (non-hydrogen) atoms. The van der Waals surface area contributed by atoms with Crippen LogP contribution in [0.15, 0.2) is 59.7 Å². The van der Waals surface area contributed by atoms with Gasteiger partial charge in [0.15, 0.2) is 0 Å². The maximum atomic E-state index is 14.9. The number of benzene rings is 2. The molecule has 0 spiro atoms. The zero-order chi connectivity index (χ0) is 21.4. The van der Waals surface area contributed by atoms with Crippen LogP contribution in [0.25, 0.3) is 11.1 Å². The first kappa shape index (κ1) is 19.8. The lowest BCUT2D eigenvalue weighted by molar-refractivity contribution is 0.288. The predicted molar refractivity (Wildman–Crippen MR) is 113 cm³/mol. The second kappa shape index (κ2) is 8.17. The summed E-state index contributed by atoms with van der Waals surface area (Å²) in [4.78, 5) is 8.74. The van der Waals surface area contributed by atoms with Gasteiger partial charge >= 0.3 is 0 Å². The number of aromatic nitrogens is 1. The van der Waals surface area contributed by atoms with Gasteiger partial charge in [-0.2, -0.15) is 0 Å². The van der Waals surface area contributed by atoms with Crippen molar-refractivity contribution in [1.82, 2.24) is 4.98 Å². The van der Waals surface area contributed by atoms with Crippen LogP contribution in [0.4, 0.5) is 13.2 Å². The molecule has 1 aliphatic heterocycles. The Hall–Kier alpha value is -3.15. The van der Waals surface area contributed by atoms with Crippen molar-refractivity contribution in [1.29, 1.82) is 0 Å². The van der Waals surface area contributed by atoms with Crippen LogP contribution in [-0.4, -0.2) is 17.3 Å². The summed E-state index contributed by atoms with van der Waals surface area (Å²) in [6, 6.07) is 11.9. The average molecular weight is 422 g/mol. The summed E-state index contributed by atoms with van der Waals surface area (Å²) in [6.07, 6.45) is 5.00. The first-order valence-corrected chi connectivity index (χ1v) is 10.5. The second-order valence-corrected chi connectivity index (χ2v) is 8.10. The SMILES string of the molecule is Fc1cc(-c2ccc(OCC3CC3)nc2)ccc1[C@H]1CCC(c2c(F)cccc2F)=N1. The summed E-state index contributed by atoms with van der Waals surface area (Å²) >= 11 is 0. The number of hydrogen-bond acceptors (Lipinski definition) is 3. The van der Waals surface area contributed by atoms with Gasteiger partial charge in [0.1, 0.15) is 17.5 Å². The minimum atomic E-state index is -0.646. The van der Waals surface area contributed by atoms with Crippen LogP contribution in [0, 0.1) is 23.4 Å². The number of pyridine rings is 1. The quantitative estimate of drug-likeness (QED) is 0.469. The number of ether oxygens (including phenoxy) is 1. The van der Waals surface area contributed by atoms with Crippen molar-refractivity contribution in [3.05, 3.63) is 83.3 Å². The number of nitrogens with zero attached hydrogens (tertiary/aromatic N) is 2. The van der Waals surface area contributed by atoms with Crippen molar-refractivity contribution in [2.24, 2.45) is 10.9 Å². The van der Waals surface area contributed by atoms with Crippen LogP contribution < -0.4 is 4.74 Å². The Morgan fingerprint density at radius 3 is 2.32 bits per heavy atom. The highest BCUT2D eigenvalue weighted by Gasteiger charge is 2.26. The van der Waals surface area contributed by atoms with E-state index in [1.165, 1.54) is 37.1 Å². The molecule has 1 aromatic heterocycles. The third-order valence-electron chi connectivity index (χ3n) is 5.81. The molecule has 2 aromatic carbocycles. The third-order valence-corrected chi connectivity index (χ3v) is 5.81. The largest absolute Gasteiger partial charge is 0.477 e. The fourth-order valence-electron chi connectivity index (χ4n) is 3.88. The van der Waals surface area contributed by atoms with E-state index in [0.29, 0.717) is 48.1 Å². The highest BCUT2D eigenvalue weighted by molar-refractivity contribution is 6.02. The molecule has 0 saturated heterocycles. The summed E-state index contributed by atoms with van der Waals surface area (Å²) in [5.74, 6) is -0.465. The van der Waals surface area contributed by atoms with Crippen molar-refractivity contribution in [2.45, 2.75) is 31.7 Å². The van der Waals surface area contributed by atoms with E-state index in [-0.39, 0.29) is 5.56 Å². The average Bonchev–Trinajstić information content (AvgIpc) is 3.48. The molecule has 1 fully saturated rings. The molecule has 1 aliphatic carbocycles. The summed E-state index contributed by atoms with van der Waals surface area (Å²) in [7, 11) is 0. The van der Waals surface area contributed by atoms with E-state index in [2.05, 4.69) is 9.98 Å². The Bertz CT molecular complexity index is 1120. The smallest absolute Gasteiger partial charge is 0.213 e. The molecule has 1 saturated carbocycles.